The lowest BCUT2D eigenvalue weighted by Gasteiger charge is -2.29. The van der Waals surface area contributed by atoms with Gasteiger partial charge in [0.1, 0.15) is 70.6 Å². The molecule has 6 N–H and O–H groups in total. The van der Waals surface area contributed by atoms with Crippen molar-refractivity contribution in [2.75, 3.05) is 46.8 Å². The van der Waals surface area contributed by atoms with E-state index < -0.39 is 152 Å². The molecule has 8 aliphatic heterocycles. The summed E-state index contributed by atoms with van der Waals surface area (Å²) in [6.45, 7) is 40.4. The number of cyclic esters (lactones) is 4. The molecule has 0 aliphatic carbocycles. The molecule has 704 valence electrons. The van der Waals surface area contributed by atoms with Gasteiger partial charge in [-0.1, -0.05) is 138 Å². The van der Waals surface area contributed by atoms with Gasteiger partial charge in [-0.3, -0.25) is 33.6 Å². The first-order chi connectivity index (χ1) is 50.6. The SMILES string of the molecule is C.C.C.C.C.C.C.C.C.CCOC(=O)C(C)(Cl)[C@H](O)[C@H]1COC(C)(C)O1.CCOC(=O)C(C)C#N.CC[C@H]1OC(=O)[C@@](C)(Cl)[C@@H]1C.CC[C@H]1OC(=O)[C@](C)(N=[N+]=[N-])[C@@H]1C.CC[C@H]1OC(O)[C@](C)(N=[N+]=[N-])[C@@H]1C.CC[C@H]1OC(OC(C)=O)[C@](C)(N=[N+]=[N-])[C@@H]1C.CO[C@H]1COC(C)(C)O1.C[C@@]1(Cl)C(=O)O[C@H](CO)[C@H]1O.C[C@]1(Cl)C(=O)O[C@H](CO)[C@H]1O. The van der Waals surface area contributed by atoms with Crippen molar-refractivity contribution in [3.05, 3.63) is 31.3 Å². The number of aliphatic hydroxyl groups excluding tert-OH is 6. The summed E-state index contributed by atoms with van der Waals surface area (Å²) in [4.78, 5) is 80.4. The molecule has 8 rings (SSSR count). The molecule has 0 saturated carbocycles. The number of ether oxygens (including phenoxy) is 14. The van der Waals surface area contributed by atoms with E-state index in [1.807, 2.05) is 69.2 Å². The number of methoxy groups -OCH3 is 1. The van der Waals surface area contributed by atoms with E-state index in [1.165, 1.54) is 34.6 Å². The Balaban J connectivity index is -0.000000140. The molecule has 0 radical (unpaired) electrons. The second-order valence-electron chi connectivity index (χ2n) is 28.6. The van der Waals surface area contributed by atoms with Crippen LogP contribution in [0.2, 0.25) is 0 Å². The first kappa shape index (κ1) is 134. The van der Waals surface area contributed by atoms with Crippen LogP contribution in [0.1, 0.15) is 252 Å². The van der Waals surface area contributed by atoms with Gasteiger partial charge < -0.3 is 97.0 Å². The van der Waals surface area contributed by atoms with Crippen LogP contribution in [0, 0.1) is 40.9 Å². The fraction of sp³-hybridized carbons (Fsp3) is 0.897. The summed E-state index contributed by atoms with van der Waals surface area (Å²) in [7, 11) is 1.61. The zero-order valence-corrected chi connectivity index (χ0v) is 70.2. The Hall–Kier alpha value is -5.65. The van der Waals surface area contributed by atoms with E-state index in [-0.39, 0.29) is 140 Å². The number of rotatable bonds is 17. The molecule has 8 aliphatic rings. The number of aliphatic hydroxyl groups is 6. The Morgan fingerprint density at radius 2 is 0.941 bits per heavy atom. The summed E-state index contributed by atoms with van der Waals surface area (Å²) in [6, 6.07) is 1.77. The lowest BCUT2D eigenvalue weighted by atomic mass is 9.85. The Bertz CT molecular complexity index is 3100. The van der Waals surface area contributed by atoms with Gasteiger partial charge in [0.15, 0.2) is 51.0 Å². The standard InChI is InChI=1S/C11H19ClO5.C10H17N3O3.C8H13ClO2.C8H15N3O2.C8H13N3O2.2C6H9ClO4.C6H9NO2.C6H12O3.9CH4/c1-5-15-9(14)11(4,12)8(13)7-6-16-10(2,3)17-7;1-5-8-6(2)10(4,12-13-11)9(16-8)15-7(3)14;1-4-6-5(2)8(3,9)7(10)11-6;2*1-4-6-5(2)8(3,10-11-9)7(12)13-6;2*1-6(7)4(9)3(2-8)11-5(6)10;1-3-9-6(8)5(2)4-7;1-6(2)8-4-5(7-3)9-6;;;;;;;;;/h7-8,13H,5-6H2,1-4H3;6,8-9H,5H2,1-4H3;5-6H,4H2,1-3H3;5-7,12H,4H2,1-3H3;5-6H,4H2,1-3H3;2*3-4,8-9H,2H2,1H3;5H,3H2,1-2H3;5H,4H2,1-3H3;9*1H4/t7-,8-,11?;6-,8-,9?,10-;5-,6-,8+;5-,6-,7?,8-;5-,6-,8-;3-,4-,6+;3-,4-,6-;;5-;;;;;;;;;/m1111111.1........./s1. The molecule has 0 aromatic carbocycles. The predicted molar refractivity (Wildman–Crippen MR) is 456 cm³/mol. The quantitative estimate of drug-likeness (QED) is 0.0197. The van der Waals surface area contributed by atoms with E-state index in [0.717, 1.165) is 25.7 Å². The summed E-state index contributed by atoms with van der Waals surface area (Å²) < 4.78 is 70.7. The first-order valence-electron chi connectivity index (χ1n) is 35.7. The molecule has 25 atom stereocenters. The van der Waals surface area contributed by atoms with Crippen LogP contribution in [0.4, 0.5) is 0 Å². The van der Waals surface area contributed by atoms with Gasteiger partial charge in [-0.2, -0.15) is 5.26 Å². The molecule has 0 aromatic heterocycles. The fourth-order valence-corrected chi connectivity index (χ4v) is 11.9. The highest BCUT2D eigenvalue weighted by Crippen LogP contribution is 2.43. The van der Waals surface area contributed by atoms with Crippen molar-refractivity contribution in [1.82, 2.24) is 0 Å². The molecular formula is C78H152Cl4N10O27. The van der Waals surface area contributed by atoms with Crippen LogP contribution in [-0.2, 0) is 99.9 Å². The zero-order chi connectivity index (χ0) is 85.9. The number of nitrogens with zero attached hydrogens (tertiary/aromatic N) is 10. The molecule has 0 bridgehead atoms. The van der Waals surface area contributed by atoms with E-state index in [0.29, 0.717) is 13.2 Å². The van der Waals surface area contributed by atoms with Gasteiger partial charge in [-0.25, -0.2) is 0 Å². The average Bonchev–Trinajstić information content (AvgIpc) is 1.65. The third kappa shape index (κ3) is 36.2. The van der Waals surface area contributed by atoms with Gasteiger partial charge in [0.05, 0.1) is 51.3 Å². The number of nitriles is 1. The van der Waals surface area contributed by atoms with Crippen molar-refractivity contribution in [2.45, 2.75) is 379 Å². The molecule has 37 nitrogen and oxygen atoms in total. The molecule has 0 spiro atoms. The second-order valence-corrected chi connectivity index (χ2v) is 31.7. The predicted octanol–water partition coefficient (Wildman–Crippen LogP) is 15.0. The molecular weight excluding hydrogens is 1650 g/mol. The van der Waals surface area contributed by atoms with Crippen molar-refractivity contribution in [2.24, 2.45) is 44.9 Å². The zero-order valence-electron chi connectivity index (χ0n) is 67.2. The fourth-order valence-electron chi connectivity index (χ4n) is 11.1. The maximum atomic E-state index is 11.6. The van der Waals surface area contributed by atoms with Crippen LogP contribution in [0.5, 0.6) is 0 Å². The van der Waals surface area contributed by atoms with Crippen molar-refractivity contribution in [3.8, 4) is 6.07 Å². The summed E-state index contributed by atoms with van der Waals surface area (Å²) >= 11 is 23.2. The molecule has 8 fully saturated rings. The number of hydrogen-bond donors (Lipinski definition) is 6. The highest BCUT2D eigenvalue weighted by molar-refractivity contribution is 6.36. The molecule has 4 unspecified atom stereocenters. The summed E-state index contributed by atoms with van der Waals surface area (Å²) in [5.74, 6) is -5.36. The smallest absolute Gasteiger partial charge is 0.330 e. The third-order valence-electron chi connectivity index (χ3n) is 19.6. The molecule has 119 heavy (non-hydrogen) atoms. The minimum atomic E-state index is -1.54. The Kier molecular flexibility index (Phi) is 65.8. The largest absolute Gasteiger partial charge is 0.465 e. The molecule has 41 heteroatoms. The minimum absolute atomic E-state index is 0. The Morgan fingerprint density at radius 1 is 0.571 bits per heavy atom. The summed E-state index contributed by atoms with van der Waals surface area (Å²) in [5, 5.41) is 74.4. The number of esters is 7. The second kappa shape index (κ2) is 58.5. The third-order valence-corrected chi connectivity index (χ3v) is 21.2. The van der Waals surface area contributed by atoms with Crippen molar-refractivity contribution < 1.29 is 131 Å². The maximum absolute atomic E-state index is 11.6. The van der Waals surface area contributed by atoms with E-state index in [1.54, 1.807) is 68.6 Å². The van der Waals surface area contributed by atoms with Gasteiger partial charge in [0.25, 0.3) is 0 Å². The van der Waals surface area contributed by atoms with Crippen LogP contribution in [0.15, 0.2) is 15.3 Å². The molecule has 8 heterocycles. The normalized spacial score (nSPS) is 33.8. The monoisotopic (exact) mass is 1800 g/mol. The van der Waals surface area contributed by atoms with Gasteiger partial charge in [0.2, 0.25) is 6.29 Å². The summed E-state index contributed by atoms with van der Waals surface area (Å²) in [5.41, 5.74) is 22.6. The molecule has 8 saturated heterocycles. The highest BCUT2D eigenvalue weighted by Gasteiger charge is 2.57. The first-order valence-corrected chi connectivity index (χ1v) is 37.2. The van der Waals surface area contributed by atoms with Gasteiger partial charge in [0, 0.05) is 40.6 Å². The van der Waals surface area contributed by atoms with E-state index in [2.05, 4.69) is 44.3 Å². The van der Waals surface area contributed by atoms with Crippen molar-refractivity contribution in [3.63, 3.8) is 0 Å². The lowest BCUT2D eigenvalue weighted by molar-refractivity contribution is -0.182. The van der Waals surface area contributed by atoms with E-state index >= 15 is 0 Å². The van der Waals surface area contributed by atoms with Crippen LogP contribution >= 0.6 is 46.4 Å². The lowest BCUT2D eigenvalue weighted by Crippen LogP contribution is -2.50. The minimum Gasteiger partial charge on any atom is -0.465 e. The molecule has 0 aromatic rings. The number of azide groups is 3. The average molecular weight is 1800 g/mol. The van der Waals surface area contributed by atoms with Crippen LogP contribution in [-0.4, -0.2) is 247 Å². The number of carbonyl (C=O) groups is 7. The number of hydrogen-bond acceptors (Lipinski definition) is 31. The van der Waals surface area contributed by atoms with Gasteiger partial charge in [-0.05, 0) is 151 Å². The van der Waals surface area contributed by atoms with Crippen LogP contribution < -0.4 is 0 Å². The van der Waals surface area contributed by atoms with Crippen LogP contribution in [0.25, 0.3) is 31.3 Å². The van der Waals surface area contributed by atoms with E-state index in [9.17, 15) is 54.0 Å². The van der Waals surface area contributed by atoms with Crippen molar-refractivity contribution in [1.29, 1.82) is 5.26 Å². The van der Waals surface area contributed by atoms with Crippen molar-refractivity contribution >= 4 is 88.2 Å². The number of halogens is 4. The topological polar surface area (TPSA) is 540 Å². The Morgan fingerprint density at radius 3 is 1.22 bits per heavy atom. The Labute approximate surface area is 728 Å². The number of carbonyl (C=O) groups excluding carboxylic acids is 7. The highest BCUT2D eigenvalue weighted by atomic mass is 35.5. The maximum Gasteiger partial charge on any atom is 0.330 e. The number of alkyl halides is 4. The van der Waals surface area contributed by atoms with Crippen LogP contribution in [0.3, 0.4) is 0 Å². The summed E-state index contributed by atoms with van der Waals surface area (Å²) in [6.07, 6.45) is -4.83. The molecule has 0 amide bonds. The van der Waals surface area contributed by atoms with Gasteiger partial charge >= 0.3 is 41.8 Å². The van der Waals surface area contributed by atoms with Gasteiger partial charge in [-0.15, -0.1) is 46.4 Å². The van der Waals surface area contributed by atoms with E-state index in [4.69, 9.17) is 131 Å².